The van der Waals surface area contributed by atoms with Crippen molar-refractivity contribution in [3.05, 3.63) is 29.8 Å². The lowest BCUT2D eigenvalue weighted by Gasteiger charge is -2.08. The van der Waals surface area contributed by atoms with Gasteiger partial charge in [0.2, 0.25) is 5.91 Å². The van der Waals surface area contributed by atoms with Gasteiger partial charge >= 0.3 is 0 Å². The van der Waals surface area contributed by atoms with Crippen molar-refractivity contribution in [3.63, 3.8) is 0 Å². The molecule has 0 bridgehead atoms. The fourth-order valence-electron chi connectivity index (χ4n) is 1.11. The second-order valence-electron chi connectivity index (χ2n) is 3.41. The average molecular weight is 224 g/mol. The van der Waals surface area contributed by atoms with Gasteiger partial charge in [-0.2, -0.15) is 11.8 Å². The molecule has 0 aliphatic carbocycles. The zero-order valence-corrected chi connectivity index (χ0v) is 9.80. The van der Waals surface area contributed by atoms with E-state index >= 15 is 0 Å². The Balaban J connectivity index is 2.60. The molecule has 0 saturated heterocycles. The summed E-state index contributed by atoms with van der Waals surface area (Å²) in [7, 11) is 0. The highest BCUT2D eigenvalue weighted by Crippen LogP contribution is 2.13. The number of benzene rings is 1. The first-order valence-electron chi connectivity index (χ1n) is 4.78. The van der Waals surface area contributed by atoms with Gasteiger partial charge in [-0.3, -0.25) is 4.79 Å². The van der Waals surface area contributed by atoms with Crippen LogP contribution in [0.15, 0.2) is 24.3 Å². The van der Waals surface area contributed by atoms with E-state index in [1.165, 1.54) is 5.56 Å². The zero-order valence-electron chi connectivity index (χ0n) is 8.99. The summed E-state index contributed by atoms with van der Waals surface area (Å²) < 4.78 is 0. The second kappa shape index (κ2) is 5.78. The van der Waals surface area contributed by atoms with Crippen LogP contribution in [0.25, 0.3) is 0 Å². The predicted molar refractivity (Wildman–Crippen MR) is 65.9 cm³/mol. The molecule has 3 nitrogen and oxygen atoms in total. The summed E-state index contributed by atoms with van der Waals surface area (Å²) in [5.74, 6) is 0.828. The maximum Gasteiger partial charge on any atom is 0.240 e. The molecular weight excluding hydrogens is 208 g/mol. The quantitative estimate of drug-likeness (QED) is 0.820. The first-order valence-corrected chi connectivity index (χ1v) is 6.17. The molecule has 1 rings (SSSR count). The molecule has 0 spiro atoms. The van der Waals surface area contributed by atoms with Gasteiger partial charge in [-0.15, -0.1) is 0 Å². The molecule has 0 aliphatic rings. The van der Waals surface area contributed by atoms with Crippen molar-refractivity contribution < 1.29 is 4.79 Å². The molecular formula is C11H16N2OS. The van der Waals surface area contributed by atoms with Crippen LogP contribution >= 0.6 is 11.8 Å². The number of rotatable bonds is 4. The van der Waals surface area contributed by atoms with Crippen LogP contribution in [0.1, 0.15) is 12.5 Å². The fourth-order valence-corrected chi connectivity index (χ4v) is 1.63. The molecule has 1 aromatic carbocycles. The number of hydrogen-bond donors (Lipinski definition) is 2. The van der Waals surface area contributed by atoms with Crippen molar-refractivity contribution in [2.75, 3.05) is 11.6 Å². The SMILES string of the molecule is CSCc1ccc(NC(=O)[C@@H](C)N)cc1. The summed E-state index contributed by atoms with van der Waals surface area (Å²) >= 11 is 1.77. The van der Waals surface area contributed by atoms with Gasteiger partial charge in [-0.05, 0) is 30.9 Å². The van der Waals surface area contributed by atoms with Crippen LogP contribution < -0.4 is 11.1 Å². The lowest BCUT2D eigenvalue weighted by molar-refractivity contribution is -0.117. The average Bonchev–Trinajstić information content (AvgIpc) is 2.21. The van der Waals surface area contributed by atoms with Crippen LogP contribution in [-0.4, -0.2) is 18.2 Å². The summed E-state index contributed by atoms with van der Waals surface area (Å²) in [6.45, 7) is 1.66. The lowest BCUT2D eigenvalue weighted by atomic mass is 10.2. The molecule has 1 aromatic rings. The summed E-state index contributed by atoms with van der Waals surface area (Å²) in [6.07, 6.45) is 2.06. The predicted octanol–water partition coefficient (Wildman–Crippen LogP) is 1.84. The largest absolute Gasteiger partial charge is 0.325 e. The van der Waals surface area contributed by atoms with Crippen molar-refractivity contribution in [3.8, 4) is 0 Å². The lowest BCUT2D eigenvalue weighted by Crippen LogP contribution is -2.32. The minimum absolute atomic E-state index is 0.160. The van der Waals surface area contributed by atoms with Gasteiger partial charge in [0.15, 0.2) is 0 Å². The Bertz CT molecular complexity index is 322. The Morgan fingerprint density at radius 3 is 2.53 bits per heavy atom. The Labute approximate surface area is 94.4 Å². The molecule has 4 heteroatoms. The van der Waals surface area contributed by atoms with Crippen molar-refractivity contribution in [1.82, 2.24) is 0 Å². The number of anilines is 1. The molecule has 0 aliphatic heterocycles. The van der Waals surface area contributed by atoms with Crippen LogP contribution in [-0.2, 0) is 10.5 Å². The van der Waals surface area contributed by atoms with E-state index in [0.717, 1.165) is 11.4 Å². The van der Waals surface area contributed by atoms with E-state index in [9.17, 15) is 4.79 Å². The number of nitrogens with one attached hydrogen (secondary N) is 1. The Morgan fingerprint density at radius 2 is 2.07 bits per heavy atom. The first-order chi connectivity index (χ1) is 7.13. The van der Waals surface area contributed by atoms with Crippen molar-refractivity contribution in [2.24, 2.45) is 5.73 Å². The van der Waals surface area contributed by atoms with Crippen molar-refractivity contribution in [1.29, 1.82) is 0 Å². The molecule has 0 saturated carbocycles. The highest BCUT2D eigenvalue weighted by molar-refractivity contribution is 7.97. The molecule has 15 heavy (non-hydrogen) atoms. The Hall–Kier alpha value is -1.00. The summed E-state index contributed by atoms with van der Waals surface area (Å²) in [5.41, 5.74) is 7.49. The molecule has 0 fully saturated rings. The number of thioether (sulfide) groups is 1. The maximum atomic E-state index is 11.3. The fraction of sp³-hybridized carbons (Fsp3) is 0.364. The molecule has 0 aromatic heterocycles. The number of nitrogens with two attached hydrogens (primary N) is 1. The summed E-state index contributed by atoms with van der Waals surface area (Å²) in [4.78, 5) is 11.3. The molecule has 0 radical (unpaired) electrons. The molecule has 1 atom stereocenters. The standard InChI is InChI=1S/C11H16N2OS/c1-8(12)11(14)13-10-5-3-9(4-6-10)7-15-2/h3-6,8H,7,12H2,1-2H3,(H,13,14)/t8-/m1/s1. The number of amides is 1. The highest BCUT2D eigenvalue weighted by atomic mass is 32.2. The van der Waals surface area contributed by atoms with Crippen molar-refractivity contribution >= 4 is 23.4 Å². The topological polar surface area (TPSA) is 55.1 Å². The summed E-state index contributed by atoms with van der Waals surface area (Å²) in [5, 5.41) is 2.74. The molecule has 0 heterocycles. The van der Waals surface area contributed by atoms with Crippen LogP contribution in [0.4, 0.5) is 5.69 Å². The van der Waals surface area contributed by atoms with E-state index in [1.807, 2.05) is 24.3 Å². The monoisotopic (exact) mass is 224 g/mol. The Kier molecular flexibility index (Phi) is 4.65. The molecule has 1 amide bonds. The van der Waals surface area contributed by atoms with E-state index in [2.05, 4.69) is 11.6 Å². The smallest absolute Gasteiger partial charge is 0.240 e. The second-order valence-corrected chi connectivity index (χ2v) is 4.27. The number of carbonyl (C=O) groups is 1. The van der Waals surface area contributed by atoms with Gasteiger partial charge < -0.3 is 11.1 Å². The number of carbonyl (C=O) groups excluding carboxylic acids is 1. The van der Waals surface area contributed by atoms with E-state index < -0.39 is 6.04 Å². The van der Waals surface area contributed by atoms with Crippen LogP contribution in [0.2, 0.25) is 0 Å². The third-order valence-corrected chi connectivity index (χ3v) is 2.57. The first kappa shape index (κ1) is 12.1. The van der Waals surface area contributed by atoms with Gasteiger partial charge in [-0.25, -0.2) is 0 Å². The van der Waals surface area contributed by atoms with E-state index in [0.29, 0.717) is 0 Å². The van der Waals surface area contributed by atoms with Gasteiger partial charge in [0.25, 0.3) is 0 Å². The van der Waals surface area contributed by atoms with E-state index in [1.54, 1.807) is 18.7 Å². The van der Waals surface area contributed by atoms with Crippen LogP contribution in [0.5, 0.6) is 0 Å². The van der Waals surface area contributed by atoms with Gasteiger partial charge in [0.05, 0.1) is 6.04 Å². The third kappa shape index (κ3) is 3.93. The Morgan fingerprint density at radius 1 is 1.47 bits per heavy atom. The van der Waals surface area contributed by atoms with E-state index in [-0.39, 0.29) is 5.91 Å². The van der Waals surface area contributed by atoms with Crippen LogP contribution in [0.3, 0.4) is 0 Å². The zero-order chi connectivity index (χ0) is 11.3. The normalized spacial score (nSPS) is 12.2. The molecule has 0 unspecified atom stereocenters. The number of hydrogen-bond acceptors (Lipinski definition) is 3. The van der Waals surface area contributed by atoms with E-state index in [4.69, 9.17) is 5.73 Å². The maximum absolute atomic E-state index is 11.3. The summed E-state index contributed by atoms with van der Waals surface area (Å²) in [6, 6.07) is 7.33. The highest BCUT2D eigenvalue weighted by Gasteiger charge is 2.06. The molecule has 82 valence electrons. The minimum Gasteiger partial charge on any atom is -0.325 e. The van der Waals surface area contributed by atoms with Gasteiger partial charge in [0, 0.05) is 11.4 Å². The van der Waals surface area contributed by atoms with Gasteiger partial charge in [-0.1, -0.05) is 12.1 Å². The molecule has 3 N–H and O–H groups in total. The van der Waals surface area contributed by atoms with Gasteiger partial charge in [0.1, 0.15) is 0 Å². The third-order valence-electron chi connectivity index (χ3n) is 1.95. The minimum atomic E-state index is -0.476. The van der Waals surface area contributed by atoms with Crippen molar-refractivity contribution in [2.45, 2.75) is 18.7 Å². The van der Waals surface area contributed by atoms with Crippen LogP contribution in [0, 0.1) is 0 Å².